The Balaban J connectivity index is 1.54. The number of quaternary nitrogens is 1. The molecular formula is C19H26N3O4S2+. The molecule has 3 rings (SSSR count). The number of nitrogens with zero attached hydrogens (tertiary/aromatic N) is 1. The minimum Gasteiger partial charge on any atom is -0.494 e. The van der Waals surface area contributed by atoms with E-state index >= 15 is 0 Å². The van der Waals surface area contributed by atoms with E-state index in [-0.39, 0.29) is 11.9 Å². The van der Waals surface area contributed by atoms with Crippen LogP contribution in [0, 0.1) is 0 Å². The largest absolute Gasteiger partial charge is 0.494 e. The number of ether oxygens (including phenoxy) is 1. The van der Waals surface area contributed by atoms with Gasteiger partial charge in [0.2, 0.25) is 0 Å². The van der Waals surface area contributed by atoms with Crippen LogP contribution >= 0.6 is 11.3 Å². The van der Waals surface area contributed by atoms with E-state index in [4.69, 9.17) is 4.74 Å². The SMILES string of the molecule is CCOc1ccc(NC(=O)[C@@H](C)[NH+]2CCN(S(=O)(=O)c3cccs3)CC2)cc1. The summed E-state index contributed by atoms with van der Waals surface area (Å²) >= 11 is 1.23. The quantitative estimate of drug-likeness (QED) is 0.697. The molecule has 1 amide bonds. The Labute approximate surface area is 170 Å². The van der Waals surface area contributed by atoms with Crippen molar-refractivity contribution in [3.8, 4) is 5.75 Å². The highest BCUT2D eigenvalue weighted by atomic mass is 32.2. The highest BCUT2D eigenvalue weighted by Gasteiger charge is 2.34. The van der Waals surface area contributed by atoms with Crippen LogP contribution in [0.3, 0.4) is 0 Å². The van der Waals surface area contributed by atoms with Gasteiger partial charge in [-0.15, -0.1) is 11.3 Å². The first-order chi connectivity index (χ1) is 13.4. The van der Waals surface area contributed by atoms with Gasteiger partial charge in [-0.3, -0.25) is 4.79 Å². The van der Waals surface area contributed by atoms with Gasteiger partial charge in [0.05, 0.1) is 32.8 Å². The summed E-state index contributed by atoms with van der Waals surface area (Å²) < 4.78 is 32.5. The molecule has 1 aromatic heterocycles. The summed E-state index contributed by atoms with van der Waals surface area (Å²) in [5.74, 6) is 0.691. The number of carbonyl (C=O) groups excluding carboxylic acids is 1. The first kappa shape index (κ1) is 20.8. The zero-order chi connectivity index (χ0) is 20.1. The van der Waals surface area contributed by atoms with Crippen LogP contribution < -0.4 is 15.0 Å². The molecule has 152 valence electrons. The van der Waals surface area contributed by atoms with Gasteiger partial charge in [0, 0.05) is 5.69 Å². The summed E-state index contributed by atoms with van der Waals surface area (Å²) in [6, 6.07) is 10.4. The van der Waals surface area contributed by atoms with Crippen molar-refractivity contribution >= 4 is 33.0 Å². The number of carbonyl (C=O) groups is 1. The van der Waals surface area contributed by atoms with Gasteiger partial charge >= 0.3 is 0 Å². The fraction of sp³-hybridized carbons (Fsp3) is 0.421. The molecule has 1 aliphatic rings. The Bertz CT molecular complexity index is 874. The molecule has 1 fully saturated rings. The molecule has 1 atom stereocenters. The summed E-state index contributed by atoms with van der Waals surface area (Å²) in [6.07, 6.45) is 0. The van der Waals surface area contributed by atoms with E-state index in [1.165, 1.54) is 15.6 Å². The van der Waals surface area contributed by atoms with Crippen LogP contribution in [-0.4, -0.2) is 57.5 Å². The van der Waals surface area contributed by atoms with Crippen molar-refractivity contribution < 1.29 is 22.8 Å². The van der Waals surface area contributed by atoms with Crippen molar-refractivity contribution in [1.82, 2.24) is 4.31 Å². The highest BCUT2D eigenvalue weighted by molar-refractivity contribution is 7.91. The summed E-state index contributed by atoms with van der Waals surface area (Å²) in [7, 11) is -3.42. The Hall–Kier alpha value is -1.94. The molecule has 0 saturated carbocycles. The molecule has 2 aromatic rings. The van der Waals surface area contributed by atoms with E-state index in [2.05, 4.69) is 5.32 Å². The first-order valence-electron chi connectivity index (χ1n) is 9.33. The Morgan fingerprint density at radius 2 is 1.93 bits per heavy atom. The molecule has 1 saturated heterocycles. The number of amides is 1. The van der Waals surface area contributed by atoms with Crippen LogP contribution in [0.5, 0.6) is 5.75 Å². The zero-order valence-corrected chi connectivity index (χ0v) is 17.7. The second kappa shape index (κ2) is 9.04. The second-order valence-electron chi connectivity index (χ2n) is 6.66. The molecule has 0 bridgehead atoms. The van der Waals surface area contributed by atoms with Gasteiger partial charge in [-0.2, -0.15) is 4.31 Å². The van der Waals surface area contributed by atoms with E-state index < -0.39 is 10.0 Å². The van der Waals surface area contributed by atoms with E-state index in [0.29, 0.717) is 37.0 Å². The van der Waals surface area contributed by atoms with Crippen LogP contribution in [0.1, 0.15) is 13.8 Å². The molecule has 0 spiro atoms. The minimum absolute atomic E-state index is 0.0753. The molecule has 2 heterocycles. The molecule has 0 aliphatic carbocycles. The lowest BCUT2D eigenvalue weighted by atomic mass is 10.2. The number of sulfonamides is 1. The van der Waals surface area contributed by atoms with Crippen molar-refractivity contribution in [2.24, 2.45) is 0 Å². The van der Waals surface area contributed by atoms with Crippen LogP contribution in [0.25, 0.3) is 0 Å². The van der Waals surface area contributed by atoms with Gasteiger partial charge in [-0.05, 0) is 49.6 Å². The molecule has 7 nitrogen and oxygen atoms in total. The first-order valence-corrected chi connectivity index (χ1v) is 11.7. The standard InChI is InChI=1S/C19H25N3O4S2/c1-3-26-17-8-6-16(7-9-17)20-19(23)15(2)21-10-12-22(13-11-21)28(24,25)18-5-4-14-27-18/h4-9,14-15H,3,10-13H2,1-2H3,(H,20,23)/p+1/t15-/m1/s1. The number of hydrogen-bond donors (Lipinski definition) is 2. The lowest BCUT2D eigenvalue weighted by Crippen LogP contribution is -3.19. The van der Waals surface area contributed by atoms with E-state index in [0.717, 1.165) is 16.3 Å². The third-order valence-electron chi connectivity index (χ3n) is 4.89. The second-order valence-corrected chi connectivity index (χ2v) is 9.78. The number of piperazine rings is 1. The molecule has 1 aromatic carbocycles. The van der Waals surface area contributed by atoms with Crippen molar-refractivity contribution in [3.05, 3.63) is 41.8 Å². The average Bonchev–Trinajstić information content (AvgIpc) is 3.25. The van der Waals surface area contributed by atoms with Crippen molar-refractivity contribution in [2.75, 3.05) is 38.1 Å². The van der Waals surface area contributed by atoms with E-state index in [9.17, 15) is 13.2 Å². The maximum Gasteiger partial charge on any atom is 0.282 e. The summed E-state index contributed by atoms with van der Waals surface area (Å²) in [4.78, 5) is 13.7. The lowest BCUT2D eigenvalue weighted by Gasteiger charge is -2.33. The van der Waals surface area contributed by atoms with Gasteiger partial charge in [0.15, 0.2) is 6.04 Å². The fourth-order valence-electron chi connectivity index (χ4n) is 3.22. The molecular weight excluding hydrogens is 398 g/mol. The molecule has 9 heteroatoms. The topological polar surface area (TPSA) is 80.2 Å². The fourth-order valence-corrected chi connectivity index (χ4v) is 5.81. The Morgan fingerprint density at radius 1 is 1.25 bits per heavy atom. The predicted octanol–water partition coefficient (Wildman–Crippen LogP) is 1.06. The molecule has 1 aliphatic heterocycles. The number of benzene rings is 1. The average molecular weight is 425 g/mol. The Morgan fingerprint density at radius 3 is 2.50 bits per heavy atom. The highest BCUT2D eigenvalue weighted by Crippen LogP contribution is 2.20. The molecule has 28 heavy (non-hydrogen) atoms. The Kier molecular flexibility index (Phi) is 6.71. The zero-order valence-electron chi connectivity index (χ0n) is 16.1. The van der Waals surface area contributed by atoms with Crippen molar-refractivity contribution in [1.29, 1.82) is 0 Å². The normalized spacial score (nSPS) is 17.2. The number of anilines is 1. The van der Waals surface area contributed by atoms with Crippen LogP contribution in [-0.2, 0) is 14.8 Å². The smallest absolute Gasteiger partial charge is 0.282 e. The van der Waals surface area contributed by atoms with Gasteiger partial charge < -0.3 is 15.0 Å². The molecule has 2 N–H and O–H groups in total. The predicted molar refractivity (Wildman–Crippen MR) is 109 cm³/mol. The van der Waals surface area contributed by atoms with Gasteiger partial charge in [-0.25, -0.2) is 8.42 Å². The maximum absolute atomic E-state index is 12.6. The maximum atomic E-state index is 12.6. The van der Waals surface area contributed by atoms with Crippen molar-refractivity contribution in [2.45, 2.75) is 24.1 Å². The van der Waals surface area contributed by atoms with Crippen LogP contribution in [0.4, 0.5) is 5.69 Å². The van der Waals surface area contributed by atoms with E-state index in [1.807, 2.05) is 38.1 Å². The lowest BCUT2D eigenvalue weighted by molar-refractivity contribution is -0.917. The molecule has 0 unspecified atom stereocenters. The third-order valence-corrected chi connectivity index (χ3v) is 8.16. The van der Waals surface area contributed by atoms with Crippen molar-refractivity contribution in [3.63, 3.8) is 0 Å². The summed E-state index contributed by atoms with van der Waals surface area (Å²) in [6.45, 7) is 6.42. The van der Waals surface area contributed by atoms with Crippen LogP contribution in [0.15, 0.2) is 46.0 Å². The number of rotatable bonds is 7. The number of hydrogen-bond acceptors (Lipinski definition) is 5. The molecule has 0 radical (unpaired) electrons. The third kappa shape index (κ3) is 4.72. The van der Waals surface area contributed by atoms with Gasteiger partial charge in [-0.1, -0.05) is 6.07 Å². The van der Waals surface area contributed by atoms with Crippen LogP contribution in [0.2, 0.25) is 0 Å². The monoisotopic (exact) mass is 424 g/mol. The summed E-state index contributed by atoms with van der Waals surface area (Å²) in [5, 5.41) is 4.69. The van der Waals surface area contributed by atoms with Gasteiger partial charge in [0.1, 0.15) is 9.96 Å². The van der Waals surface area contributed by atoms with Gasteiger partial charge in [0.25, 0.3) is 15.9 Å². The van der Waals surface area contributed by atoms with E-state index in [1.54, 1.807) is 17.5 Å². The minimum atomic E-state index is -3.42. The number of nitrogens with one attached hydrogen (secondary N) is 2. The summed E-state index contributed by atoms with van der Waals surface area (Å²) in [5.41, 5.74) is 0.721. The number of thiophene rings is 1.